The van der Waals surface area contributed by atoms with Gasteiger partial charge in [-0.25, -0.2) is 4.98 Å². The molecular weight excluding hydrogens is 278 g/mol. The standard InChI is InChI=1S/C17H19N3S/c1-12-6-8-17(19,9-7-12)16-20-15(11-21-16)14-4-2-13(10-18)3-5-14/h2-5,11-12H,6-9,19H2,1H3. The molecule has 1 heterocycles. The molecule has 1 aliphatic carbocycles. The van der Waals surface area contributed by atoms with Crippen LogP contribution in [0.5, 0.6) is 0 Å². The number of thiazole rings is 1. The van der Waals surface area contributed by atoms with Crippen molar-refractivity contribution < 1.29 is 0 Å². The van der Waals surface area contributed by atoms with E-state index < -0.39 is 0 Å². The Morgan fingerprint density at radius 2 is 1.95 bits per heavy atom. The first-order valence-electron chi connectivity index (χ1n) is 7.36. The van der Waals surface area contributed by atoms with E-state index >= 15 is 0 Å². The fourth-order valence-corrected chi connectivity index (χ4v) is 3.84. The van der Waals surface area contributed by atoms with E-state index in [1.165, 1.54) is 12.8 Å². The lowest BCUT2D eigenvalue weighted by Crippen LogP contribution is -2.40. The first-order chi connectivity index (χ1) is 10.1. The Morgan fingerprint density at radius 1 is 1.29 bits per heavy atom. The minimum atomic E-state index is -0.248. The van der Waals surface area contributed by atoms with Crippen LogP contribution < -0.4 is 5.73 Å². The number of benzene rings is 1. The largest absolute Gasteiger partial charge is 0.319 e. The van der Waals surface area contributed by atoms with Gasteiger partial charge in [0, 0.05) is 10.9 Å². The second kappa shape index (κ2) is 5.59. The minimum Gasteiger partial charge on any atom is -0.319 e. The highest BCUT2D eigenvalue weighted by atomic mass is 32.1. The zero-order valence-electron chi connectivity index (χ0n) is 12.2. The molecule has 0 saturated heterocycles. The Bertz CT molecular complexity index is 658. The molecule has 0 unspecified atom stereocenters. The molecule has 0 spiro atoms. The average molecular weight is 297 g/mol. The summed E-state index contributed by atoms with van der Waals surface area (Å²) in [7, 11) is 0. The third kappa shape index (κ3) is 2.85. The van der Waals surface area contributed by atoms with Crippen LogP contribution in [0.3, 0.4) is 0 Å². The summed E-state index contributed by atoms with van der Waals surface area (Å²) in [5.74, 6) is 0.777. The van der Waals surface area contributed by atoms with Crippen LogP contribution in [0.2, 0.25) is 0 Å². The number of nitrogens with two attached hydrogens (primary N) is 1. The summed E-state index contributed by atoms with van der Waals surface area (Å²) in [5.41, 5.74) is 9.02. The van der Waals surface area contributed by atoms with Gasteiger partial charge in [-0.15, -0.1) is 11.3 Å². The van der Waals surface area contributed by atoms with Gasteiger partial charge in [-0.1, -0.05) is 19.1 Å². The molecule has 0 amide bonds. The normalized spacial score (nSPS) is 25.5. The zero-order valence-corrected chi connectivity index (χ0v) is 13.0. The molecule has 2 N–H and O–H groups in total. The van der Waals surface area contributed by atoms with Gasteiger partial charge in [-0.2, -0.15) is 5.26 Å². The number of rotatable bonds is 2. The third-order valence-electron chi connectivity index (χ3n) is 4.41. The van der Waals surface area contributed by atoms with Crippen molar-refractivity contribution in [1.82, 2.24) is 4.98 Å². The Labute approximate surface area is 129 Å². The van der Waals surface area contributed by atoms with E-state index in [1.807, 2.05) is 24.3 Å². The van der Waals surface area contributed by atoms with Gasteiger partial charge >= 0.3 is 0 Å². The second-order valence-electron chi connectivity index (χ2n) is 6.07. The lowest BCUT2D eigenvalue weighted by molar-refractivity contribution is 0.247. The molecule has 0 aliphatic heterocycles. The maximum Gasteiger partial charge on any atom is 0.113 e. The minimum absolute atomic E-state index is 0.248. The molecule has 21 heavy (non-hydrogen) atoms. The summed E-state index contributed by atoms with van der Waals surface area (Å²) in [5, 5.41) is 12.0. The molecule has 1 fully saturated rings. The van der Waals surface area contributed by atoms with Gasteiger partial charge in [0.05, 0.1) is 22.9 Å². The van der Waals surface area contributed by atoms with E-state index in [0.29, 0.717) is 5.56 Å². The number of aromatic nitrogens is 1. The third-order valence-corrected chi connectivity index (χ3v) is 5.47. The Balaban J connectivity index is 1.84. The molecule has 0 radical (unpaired) electrons. The summed E-state index contributed by atoms with van der Waals surface area (Å²) in [6.07, 6.45) is 4.41. The van der Waals surface area contributed by atoms with Crippen molar-refractivity contribution in [3.63, 3.8) is 0 Å². The van der Waals surface area contributed by atoms with Crippen LogP contribution in [0.15, 0.2) is 29.6 Å². The molecule has 3 nitrogen and oxygen atoms in total. The first kappa shape index (κ1) is 14.2. The number of hydrogen-bond donors (Lipinski definition) is 1. The fraction of sp³-hybridized carbons (Fsp3) is 0.412. The molecule has 1 saturated carbocycles. The summed E-state index contributed by atoms with van der Waals surface area (Å²) in [6.45, 7) is 2.30. The molecule has 0 bridgehead atoms. The molecule has 1 aromatic carbocycles. The molecule has 3 rings (SSSR count). The van der Waals surface area contributed by atoms with Crippen LogP contribution in [0.1, 0.15) is 43.2 Å². The molecule has 108 valence electrons. The SMILES string of the molecule is CC1CCC(N)(c2nc(-c3ccc(C#N)cc3)cs2)CC1. The topological polar surface area (TPSA) is 62.7 Å². The summed E-state index contributed by atoms with van der Waals surface area (Å²) in [6, 6.07) is 9.69. The highest BCUT2D eigenvalue weighted by molar-refractivity contribution is 7.10. The molecule has 1 aromatic heterocycles. The van der Waals surface area contributed by atoms with E-state index in [9.17, 15) is 0 Å². The lowest BCUT2D eigenvalue weighted by atomic mass is 9.78. The highest BCUT2D eigenvalue weighted by Gasteiger charge is 2.34. The van der Waals surface area contributed by atoms with Crippen LogP contribution in [-0.4, -0.2) is 4.98 Å². The van der Waals surface area contributed by atoms with Crippen LogP contribution in [0.4, 0.5) is 0 Å². The molecule has 2 aromatic rings. The van der Waals surface area contributed by atoms with E-state index in [-0.39, 0.29) is 5.54 Å². The average Bonchev–Trinajstić information content (AvgIpc) is 3.01. The van der Waals surface area contributed by atoms with Gasteiger partial charge in [-0.3, -0.25) is 0 Å². The van der Waals surface area contributed by atoms with Crippen molar-refractivity contribution in [2.24, 2.45) is 11.7 Å². The van der Waals surface area contributed by atoms with E-state index in [0.717, 1.165) is 35.0 Å². The second-order valence-corrected chi connectivity index (χ2v) is 6.92. The van der Waals surface area contributed by atoms with Gasteiger partial charge in [0.25, 0.3) is 0 Å². The van der Waals surface area contributed by atoms with E-state index in [1.54, 1.807) is 11.3 Å². The van der Waals surface area contributed by atoms with E-state index in [2.05, 4.69) is 18.4 Å². The van der Waals surface area contributed by atoms with Gasteiger partial charge in [0.1, 0.15) is 5.01 Å². The molecule has 1 aliphatic rings. The van der Waals surface area contributed by atoms with Crippen LogP contribution in [0.25, 0.3) is 11.3 Å². The first-order valence-corrected chi connectivity index (χ1v) is 8.24. The van der Waals surface area contributed by atoms with Gasteiger partial charge in [0.2, 0.25) is 0 Å². The van der Waals surface area contributed by atoms with Gasteiger partial charge in [-0.05, 0) is 43.7 Å². The van der Waals surface area contributed by atoms with Crippen molar-refractivity contribution in [1.29, 1.82) is 5.26 Å². The predicted molar refractivity (Wildman–Crippen MR) is 85.8 cm³/mol. The van der Waals surface area contributed by atoms with Crippen molar-refractivity contribution in [3.05, 3.63) is 40.2 Å². The monoisotopic (exact) mass is 297 g/mol. The lowest BCUT2D eigenvalue weighted by Gasteiger charge is -2.34. The Hall–Kier alpha value is -1.70. The van der Waals surface area contributed by atoms with Crippen molar-refractivity contribution in [2.75, 3.05) is 0 Å². The van der Waals surface area contributed by atoms with Gasteiger partial charge in [0.15, 0.2) is 0 Å². The Morgan fingerprint density at radius 3 is 2.57 bits per heavy atom. The van der Waals surface area contributed by atoms with Crippen LogP contribution in [0, 0.1) is 17.2 Å². The highest BCUT2D eigenvalue weighted by Crippen LogP contribution is 2.39. The van der Waals surface area contributed by atoms with Crippen molar-refractivity contribution in [3.8, 4) is 17.3 Å². The zero-order chi connectivity index (χ0) is 14.9. The maximum absolute atomic E-state index is 8.85. The van der Waals surface area contributed by atoms with Crippen LogP contribution in [-0.2, 0) is 5.54 Å². The van der Waals surface area contributed by atoms with Gasteiger partial charge < -0.3 is 5.73 Å². The maximum atomic E-state index is 8.85. The number of nitrogens with zero attached hydrogens (tertiary/aromatic N) is 2. The molecule has 0 atom stereocenters. The summed E-state index contributed by atoms with van der Waals surface area (Å²) >= 11 is 1.66. The number of nitriles is 1. The van der Waals surface area contributed by atoms with E-state index in [4.69, 9.17) is 16.0 Å². The molecular formula is C17H19N3S. The smallest absolute Gasteiger partial charge is 0.113 e. The summed E-state index contributed by atoms with van der Waals surface area (Å²) in [4.78, 5) is 4.77. The summed E-state index contributed by atoms with van der Waals surface area (Å²) < 4.78 is 0. The fourth-order valence-electron chi connectivity index (χ4n) is 2.84. The molecule has 4 heteroatoms. The van der Waals surface area contributed by atoms with Crippen molar-refractivity contribution in [2.45, 2.75) is 38.1 Å². The Kier molecular flexibility index (Phi) is 3.79. The number of hydrogen-bond acceptors (Lipinski definition) is 4. The quantitative estimate of drug-likeness (QED) is 0.909. The predicted octanol–water partition coefficient (Wildman–Crippen LogP) is 4.05. The van der Waals surface area contributed by atoms with Crippen molar-refractivity contribution >= 4 is 11.3 Å². The van der Waals surface area contributed by atoms with Crippen LogP contribution >= 0.6 is 11.3 Å².